The summed E-state index contributed by atoms with van der Waals surface area (Å²) in [7, 11) is 0. The minimum atomic E-state index is -0.704. The molecule has 0 spiro atoms. The van der Waals surface area contributed by atoms with Gasteiger partial charge in [-0.1, -0.05) is 50.0 Å². The zero-order chi connectivity index (χ0) is 12.5. The summed E-state index contributed by atoms with van der Waals surface area (Å²) in [6.45, 7) is 5.76. The Hall–Kier alpha value is -0.280. The van der Waals surface area contributed by atoms with Crippen molar-refractivity contribution in [2.45, 2.75) is 32.9 Å². The molecule has 0 bridgehead atoms. The van der Waals surface area contributed by atoms with Gasteiger partial charge in [0.2, 0.25) is 0 Å². The number of hydrogen-bond donors (Lipinski definition) is 2. The molecule has 0 aliphatic rings. The standard InChI is InChI=1S/C12H17Cl2NO/c1-12(2,3)11(16)10(15)9-7(13)5-4-6-8(9)14/h4-6,10-11,16H,15H2,1-3H3/t10-,11-/m1/s1. The third kappa shape index (κ3) is 2.89. The molecule has 0 saturated heterocycles. The van der Waals surface area contributed by atoms with Gasteiger partial charge in [0, 0.05) is 15.6 Å². The number of hydrogen-bond acceptors (Lipinski definition) is 2. The van der Waals surface area contributed by atoms with Crippen molar-refractivity contribution in [3.05, 3.63) is 33.8 Å². The Bertz CT molecular complexity index is 354. The molecule has 0 unspecified atom stereocenters. The Kier molecular flexibility index (Phi) is 4.24. The summed E-state index contributed by atoms with van der Waals surface area (Å²) < 4.78 is 0. The second-order valence-corrected chi connectivity index (χ2v) is 5.79. The number of aliphatic hydroxyl groups excluding tert-OH is 1. The highest BCUT2D eigenvalue weighted by atomic mass is 35.5. The van der Waals surface area contributed by atoms with Crippen LogP contribution >= 0.6 is 23.2 Å². The van der Waals surface area contributed by atoms with Gasteiger partial charge >= 0.3 is 0 Å². The van der Waals surface area contributed by atoms with E-state index in [1.807, 2.05) is 20.8 Å². The van der Waals surface area contributed by atoms with E-state index in [4.69, 9.17) is 28.9 Å². The van der Waals surface area contributed by atoms with Crippen molar-refractivity contribution < 1.29 is 5.11 Å². The molecule has 0 aliphatic carbocycles. The average molecular weight is 262 g/mol. The molecule has 4 heteroatoms. The summed E-state index contributed by atoms with van der Waals surface area (Å²) in [4.78, 5) is 0. The molecule has 0 aliphatic heterocycles. The molecule has 1 aromatic carbocycles. The van der Waals surface area contributed by atoms with Crippen LogP contribution in [-0.4, -0.2) is 11.2 Å². The van der Waals surface area contributed by atoms with Crippen LogP contribution in [0.5, 0.6) is 0 Å². The summed E-state index contributed by atoms with van der Waals surface area (Å²) in [5, 5.41) is 11.1. The van der Waals surface area contributed by atoms with Crippen LogP contribution in [-0.2, 0) is 0 Å². The van der Waals surface area contributed by atoms with Crippen LogP contribution in [0.2, 0.25) is 10.0 Å². The van der Waals surface area contributed by atoms with Crippen LogP contribution in [0.15, 0.2) is 18.2 Å². The smallest absolute Gasteiger partial charge is 0.0782 e. The number of rotatable bonds is 2. The Labute approximate surface area is 106 Å². The van der Waals surface area contributed by atoms with Gasteiger partial charge in [-0.2, -0.15) is 0 Å². The molecule has 3 N–H and O–H groups in total. The molecule has 0 radical (unpaired) electrons. The van der Waals surface area contributed by atoms with Crippen molar-refractivity contribution in [1.82, 2.24) is 0 Å². The molecule has 0 heterocycles. The van der Waals surface area contributed by atoms with Crippen molar-refractivity contribution >= 4 is 23.2 Å². The van der Waals surface area contributed by atoms with Crippen LogP contribution < -0.4 is 5.73 Å². The van der Waals surface area contributed by atoms with Gasteiger partial charge in [-0.05, 0) is 17.5 Å². The number of nitrogens with two attached hydrogens (primary N) is 1. The zero-order valence-electron chi connectivity index (χ0n) is 9.67. The lowest BCUT2D eigenvalue weighted by Gasteiger charge is -2.31. The molecule has 0 saturated carbocycles. The molecule has 90 valence electrons. The van der Waals surface area contributed by atoms with Crippen molar-refractivity contribution in [3.63, 3.8) is 0 Å². The van der Waals surface area contributed by atoms with Gasteiger partial charge in [-0.25, -0.2) is 0 Å². The van der Waals surface area contributed by atoms with Crippen molar-refractivity contribution in [3.8, 4) is 0 Å². The van der Waals surface area contributed by atoms with E-state index in [0.29, 0.717) is 15.6 Å². The van der Waals surface area contributed by atoms with Crippen LogP contribution in [0.25, 0.3) is 0 Å². The summed E-state index contributed by atoms with van der Waals surface area (Å²) in [6.07, 6.45) is -0.704. The summed E-state index contributed by atoms with van der Waals surface area (Å²) in [5.74, 6) is 0. The molecule has 16 heavy (non-hydrogen) atoms. The predicted octanol–water partition coefficient (Wildman–Crippen LogP) is 3.40. The Morgan fingerprint density at radius 2 is 1.62 bits per heavy atom. The van der Waals surface area contributed by atoms with Gasteiger partial charge in [-0.15, -0.1) is 0 Å². The molecule has 0 amide bonds. The van der Waals surface area contributed by atoms with Crippen molar-refractivity contribution in [2.75, 3.05) is 0 Å². The maximum atomic E-state index is 10.1. The lowest BCUT2D eigenvalue weighted by molar-refractivity contribution is 0.0401. The lowest BCUT2D eigenvalue weighted by atomic mass is 9.82. The molecule has 0 aromatic heterocycles. The fourth-order valence-corrected chi connectivity index (χ4v) is 2.18. The van der Waals surface area contributed by atoms with Gasteiger partial charge < -0.3 is 10.8 Å². The van der Waals surface area contributed by atoms with Gasteiger partial charge in [-0.3, -0.25) is 0 Å². The van der Waals surface area contributed by atoms with Gasteiger partial charge in [0.15, 0.2) is 0 Å². The van der Waals surface area contributed by atoms with Crippen molar-refractivity contribution in [1.29, 1.82) is 0 Å². The Balaban J connectivity index is 3.10. The number of halogens is 2. The Morgan fingerprint density at radius 3 is 2.00 bits per heavy atom. The average Bonchev–Trinajstić information content (AvgIpc) is 2.14. The second-order valence-electron chi connectivity index (χ2n) is 4.97. The normalized spacial score (nSPS) is 15.9. The topological polar surface area (TPSA) is 46.2 Å². The quantitative estimate of drug-likeness (QED) is 0.858. The van der Waals surface area contributed by atoms with Crippen LogP contribution in [0, 0.1) is 5.41 Å². The fraction of sp³-hybridized carbons (Fsp3) is 0.500. The lowest BCUT2D eigenvalue weighted by Crippen LogP contribution is -2.37. The minimum absolute atomic E-state index is 0.318. The van der Waals surface area contributed by atoms with Gasteiger partial charge in [0.25, 0.3) is 0 Å². The highest BCUT2D eigenvalue weighted by Crippen LogP contribution is 2.35. The Morgan fingerprint density at radius 1 is 1.19 bits per heavy atom. The SMILES string of the molecule is CC(C)(C)[C@H](O)[C@H](N)c1c(Cl)cccc1Cl. The van der Waals surface area contributed by atoms with E-state index >= 15 is 0 Å². The van der Waals surface area contributed by atoms with Crippen LogP contribution in [0.1, 0.15) is 32.4 Å². The van der Waals surface area contributed by atoms with E-state index < -0.39 is 12.1 Å². The molecule has 1 rings (SSSR count). The summed E-state index contributed by atoms with van der Waals surface area (Å²) in [6, 6.07) is 4.61. The number of aliphatic hydroxyl groups is 1. The fourth-order valence-electron chi connectivity index (χ4n) is 1.53. The van der Waals surface area contributed by atoms with Crippen LogP contribution in [0.4, 0.5) is 0 Å². The maximum Gasteiger partial charge on any atom is 0.0782 e. The second kappa shape index (κ2) is 4.92. The van der Waals surface area contributed by atoms with Gasteiger partial charge in [0.1, 0.15) is 0 Å². The first-order valence-corrected chi connectivity index (χ1v) is 5.88. The highest BCUT2D eigenvalue weighted by Gasteiger charge is 2.31. The largest absolute Gasteiger partial charge is 0.391 e. The van der Waals surface area contributed by atoms with Crippen molar-refractivity contribution in [2.24, 2.45) is 11.1 Å². The molecular formula is C12H17Cl2NO. The first kappa shape index (κ1) is 13.8. The van der Waals surface area contributed by atoms with E-state index in [1.54, 1.807) is 18.2 Å². The van der Waals surface area contributed by atoms with E-state index in [1.165, 1.54) is 0 Å². The molecule has 1 aromatic rings. The van der Waals surface area contributed by atoms with E-state index in [-0.39, 0.29) is 5.41 Å². The first-order valence-electron chi connectivity index (χ1n) is 5.12. The monoisotopic (exact) mass is 261 g/mol. The third-order valence-corrected chi connectivity index (χ3v) is 3.22. The van der Waals surface area contributed by atoms with E-state index in [9.17, 15) is 5.11 Å². The molecule has 2 nitrogen and oxygen atoms in total. The number of benzene rings is 1. The zero-order valence-corrected chi connectivity index (χ0v) is 11.2. The molecule has 2 atom stereocenters. The van der Waals surface area contributed by atoms with E-state index in [2.05, 4.69) is 0 Å². The minimum Gasteiger partial charge on any atom is -0.391 e. The van der Waals surface area contributed by atoms with Crippen LogP contribution in [0.3, 0.4) is 0 Å². The molecule has 0 fully saturated rings. The summed E-state index contributed by atoms with van der Waals surface area (Å²) >= 11 is 12.1. The highest BCUT2D eigenvalue weighted by molar-refractivity contribution is 6.36. The van der Waals surface area contributed by atoms with Gasteiger partial charge in [0.05, 0.1) is 12.1 Å². The summed E-state index contributed by atoms with van der Waals surface area (Å²) in [5.41, 5.74) is 6.29. The van der Waals surface area contributed by atoms with E-state index in [0.717, 1.165) is 0 Å². The molecular weight excluding hydrogens is 245 g/mol. The first-order chi connectivity index (χ1) is 7.25. The third-order valence-electron chi connectivity index (χ3n) is 2.56. The predicted molar refractivity (Wildman–Crippen MR) is 68.9 cm³/mol. The maximum absolute atomic E-state index is 10.1.